The van der Waals surface area contributed by atoms with Crippen LogP contribution in [0.25, 0.3) is 0 Å². The Kier molecular flexibility index (Phi) is 6.27. The van der Waals surface area contributed by atoms with E-state index in [9.17, 15) is 4.79 Å². The Morgan fingerprint density at radius 2 is 1.84 bits per heavy atom. The van der Waals surface area contributed by atoms with Gasteiger partial charge in [0.05, 0.1) is 5.54 Å². The molecule has 1 atom stereocenters. The van der Waals surface area contributed by atoms with Crippen molar-refractivity contribution in [3.8, 4) is 0 Å². The van der Waals surface area contributed by atoms with Crippen molar-refractivity contribution in [1.29, 1.82) is 0 Å². The first kappa shape index (κ1) is 16.4. The second-order valence-electron chi connectivity index (χ2n) is 6.44. The van der Waals surface area contributed by atoms with E-state index in [4.69, 9.17) is 5.11 Å². The summed E-state index contributed by atoms with van der Waals surface area (Å²) in [6.07, 6.45) is 4.26. The van der Waals surface area contributed by atoms with E-state index in [-0.39, 0.29) is 18.6 Å². The lowest BCUT2D eigenvalue weighted by Crippen LogP contribution is -2.58. The molecule has 1 aliphatic heterocycles. The predicted molar refractivity (Wildman–Crippen MR) is 78.0 cm³/mol. The van der Waals surface area contributed by atoms with Gasteiger partial charge in [0.25, 0.3) is 0 Å². The first-order chi connectivity index (χ1) is 8.89. The van der Waals surface area contributed by atoms with Gasteiger partial charge in [-0.15, -0.1) is 0 Å². The quantitative estimate of drug-likeness (QED) is 0.773. The molecule has 112 valence electrons. The molecule has 0 aromatic heterocycles. The minimum atomic E-state index is -0.455. The van der Waals surface area contributed by atoms with Gasteiger partial charge >= 0.3 is 0 Å². The van der Waals surface area contributed by atoms with E-state index in [2.05, 4.69) is 24.1 Å². The fraction of sp³-hybridized carbons (Fsp3) is 0.933. The average molecular weight is 270 g/mol. The number of rotatable bonds is 6. The highest BCUT2D eigenvalue weighted by atomic mass is 16.3. The van der Waals surface area contributed by atoms with Gasteiger partial charge in [0, 0.05) is 12.6 Å². The molecule has 1 saturated heterocycles. The molecule has 0 aromatic carbocycles. The van der Waals surface area contributed by atoms with Gasteiger partial charge in [-0.1, -0.05) is 20.3 Å². The number of nitrogens with one attached hydrogen (secondary N) is 1. The lowest BCUT2D eigenvalue weighted by atomic mass is 9.95. The molecule has 2 N–H and O–H groups in total. The molecular weight excluding hydrogens is 240 g/mol. The predicted octanol–water partition coefficient (Wildman–Crippen LogP) is 1.77. The zero-order chi connectivity index (χ0) is 14.5. The van der Waals surface area contributed by atoms with Crippen molar-refractivity contribution in [2.24, 2.45) is 5.92 Å². The summed E-state index contributed by atoms with van der Waals surface area (Å²) in [6.45, 7) is 10.3. The third-order valence-electron chi connectivity index (χ3n) is 4.26. The number of piperidine rings is 1. The molecule has 0 aromatic rings. The molecule has 1 heterocycles. The summed E-state index contributed by atoms with van der Waals surface area (Å²) in [4.78, 5) is 14.8. The number of likely N-dealkylation sites (tertiary alicyclic amines) is 1. The Bertz CT molecular complexity index is 284. The van der Waals surface area contributed by atoms with Crippen molar-refractivity contribution in [2.75, 3.05) is 19.7 Å². The van der Waals surface area contributed by atoms with Crippen molar-refractivity contribution in [3.05, 3.63) is 0 Å². The molecule has 1 unspecified atom stereocenters. The van der Waals surface area contributed by atoms with Gasteiger partial charge in [-0.2, -0.15) is 0 Å². The third-order valence-corrected chi connectivity index (χ3v) is 4.26. The van der Waals surface area contributed by atoms with E-state index in [0.29, 0.717) is 12.3 Å². The maximum absolute atomic E-state index is 12.5. The smallest absolute Gasteiger partial charge is 0.240 e. The highest BCUT2D eigenvalue weighted by Gasteiger charge is 2.36. The van der Waals surface area contributed by atoms with Crippen LogP contribution in [-0.2, 0) is 4.79 Å². The molecule has 0 spiro atoms. The van der Waals surface area contributed by atoms with Gasteiger partial charge in [0.1, 0.15) is 0 Å². The first-order valence-electron chi connectivity index (χ1n) is 7.56. The summed E-state index contributed by atoms with van der Waals surface area (Å²) < 4.78 is 0. The number of aliphatic hydroxyl groups excluding tert-OH is 1. The van der Waals surface area contributed by atoms with E-state index < -0.39 is 5.54 Å². The van der Waals surface area contributed by atoms with E-state index in [1.165, 1.54) is 19.3 Å². The van der Waals surface area contributed by atoms with Crippen LogP contribution in [0, 0.1) is 5.92 Å². The van der Waals surface area contributed by atoms with E-state index >= 15 is 0 Å². The van der Waals surface area contributed by atoms with Gasteiger partial charge in [-0.25, -0.2) is 0 Å². The maximum atomic E-state index is 12.5. The van der Waals surface area contributed by atoms with Crippen molar-refractivity contribution in [3.63, 3.8) is 0 Å². The van der Waals surface area contributed by atoms with Crippen LogP contribution in [0.15, 0.2) is 0 Å². The van der Waals surface area contributed by atoms with Crippen LogP contribution in [-0.4, -0.2) is 47.2 Å². The van der Waals surface area contributed by atoms with E-state index in [1.54, 1.807) is 0 Å². The van der Waals surface area contributed by atoms with E-state index in [1.807, 2.05) is 13.8 Å². The molecule has 4 nitrogen and oxygen atoms in total. The minimum absolute atomic E-state index is 0.0570. The number of carbonyl (C=O) groups excluding carboxylic acids is 1. The third kappa shape index (κ3) is 4.46. The molecule has 0 bridgehead atoms. The molecule has 1 fully saturated rings. The SMILES string of the molecule is CC(C)C(CCO)NC(=O)C(C)(C)N1CCCCC1. The van der Waals surface area contributed by atoms with Crippen LogP contribution in [0.2, 0.25) is 0 Å². The monoisotopic (exact) mass is 270 g/mol. The van der Waals surface area contributed by atoms with Crippen molar-refractivity contribution >= 4 is 5.91 Å². The van der Waals surface area contributed by atoms with Crippen LogP contribution in [0.5, 0.6) is 0 Å². The molecule has 19 heavy (non-hydrogen) atoms. The van der Waals surface area contributed by atoms with Crippen LogP contribution in [0.1, 0.15) is 53.4 Å². The Labute approximate surface area is 117 Å². The number of carbonyl (C=O) groups is 1. The highest BCUT2D eigenvalue weighted by Crippen LogP contribution is 2.21. The van der Waals surface area contributed by atoms with Crippen molar-refractivity contribution < 1.29 is 9.90 Å². The second-order valence-corrected chi connectivity index (χ2v) is 6.44. The summed E-state index contributed by atoms with van der Waals surface area (Å²) in [5.74, 6) is 0.426. The Morgan fingerprint density at radius 1 is 1.26 bits per heavy atom. The van der Waals surface area contributed by atoms with Gasteiger partial charge in [-0.3, -0.25) is 9.69 Å². The zero-order valence-electron chi connectivity index (χ0n) is 12.9. The van der Waals surface area contributed by atoms with Gasteiger partial charge in [0.15, 0.2) is 0 Å². The van der Waals surface area contributed by atoms with E-state index in [0.717, 1.165) is 13.1 Å². The lowest BCUT2D eigenvalue weighted by Gasteiger charge is -2.40. The normalized spacial score (nSPS) is 19.5. The molecule has 1 amide bonds. The van der Waals surface area contributed by atoms with Gasteiger partial charge in [-0.05, 0) is 52.1 Å². The molecule has 0 radical (unpaired) electrons. The largest absolute Gasteiger partial charge is 0.396 e. The Balaban J connectivity index is 2.63. The second kappa shape index (κ2) is 7.25. The Morgan fingerprint density at radius 3 is 2.32 bits per heavy atom. The maximum Gasteiger partial charge on any atom is 0.240 e. The zero-order valence-corrected chi connectivity index (χ0v) is 12.9. The fourth-order valence-corrected chi connectivity index (χ4v) is 2.65. The molecular formula is C15H30N2O2. The summed E-state index contributed by atoms with van der Waals surface area (Å²) in [6, 6.07) is 0.0570. The number of aliphatic hydroxyl groups is 1. The number of amides is 1. The molecule has 0 aliphatic carbocycles. The van der Waals surface area contributed by atoms with Crippen molar-refractivity contribution in [2.45, 2.75) is 65.0 Å². The number of nitrogens with zero attached hydrogens (tertiary/aromatic N) is 1. The molecule has 1 aliphatic rings. The van der Waals surface area contributed by atoms with Crippen LogP contribution >= 0.6 is 0 Å². The fourth-order valence-electron chi connectivity index (χ4n) is 2.65. The number of hydrogen-bond donors (Lipinski definition) is 2. The standard InChI is InChI=1S/C15H30N2O2/c1-12(2)13(8-11-18)16-14(19)15(3,4)17-9-6-5-7-10-17/h12-13,18H,5-11H2,1-4H3,(H,16,19). The molecule has 0 saturated carbocycles. The van der Waals surface area contributed by atoms with Crippen LogP contribution < -0.4 is 5.32 Å². The van der Waals surface area contributed by atoms with Gasteiger partial charge < -0.3 is 10.4 Å². The van der Waals surface area contributed by atoms with Crippen LogP contribution in [0.3, 0.4) is 0 Å². The minimum Gasteiger partial charge on any atom is -0.396 e. The summed E-state index contributed by atoms with van der Waals surface area (Å²) in [5, 5.41) is 12.2. The molecule has 1 rings (SSSR count). The summed E-state index contributed by atoms with van der Waals surface area (Å²) in [5.41, 5.74) is -0.455. The van der Waals surface area contributed by atoms with Gasteiger partial charge in [0.2, 0.25) is 5.91 Å². The highest BCUT2D eigenvalue weighted by molar-refractivity contribution is 5.85. The summed E-state index contributed by atoms with van der Waals surface area (Å²) in [7, 11) is 0. The lowest BCUT2D eigenvalue weighted by molar-refractivity contribution is -0.133. The first-order valence-corrected chi connectivity index (χ1v) is 7.56. The summed E-state index contributed by atoms with van der Waals surface area (Å²) >= 11 is 0. The molecule has 4 heteroatoms. The topological polar surface area (TPSA) is 52.6 Å². The van der Waals surface area contributed by atoms with Crippen molar-refractivity contribution in [1.82, 2.24) is 10.2 Å². The van der Waals surface area contributed by atoms with Crippen LogP contribution in [0.4, 0.5) is 0 Å². The average Bonchev–Trinajstić information content (AvgIpc) is 2.38. The number of hydrogen-bond acceptors (Lipinski definition) is 3. The Hall–Kier alpha value is -0.610.